The van der Waals surface area contributed by atoms with Gasteiger partial charge in [-0.15, -0.1) is 0 Å². The molecule has 7 heteroatoms. The number of aliphatic carboxylic acids is 1. The third-order valence-corrected chi connectivity index (χ3v) is 2.08. The fourth-order valence-electron chi connectivity index (χ4n) is 1.33. The molecule has 0 bridgehead atoms. The fraction of sp³-hybridized carbons (Fsp3) is 0.333. The molecule has 88 valence electrons. The van der Waals surface area contributed by atoms with Crippen LogP contribution in [-0.2, 0) is 17.8 Å². The number of alkyl halides is 2. The van der Waals surface area contributed by atoms with Gasteiger partial charge < -0.3 is 16.6 Å². The number of pyridine rings is 1. The summed E-state index contributed by atoms with van der Waals surface area (Å²) in [5, 5.41) is 8.55. The summed E-state index contributed by atoms with van der Waals surface area (Å²) in [7, 11) is 0. The van der Waals surface area contributed by atoms with Crippen LogP contribution in [0.5, 0.6) is 0 Å². The van der Waals surface area contributed by atoms with E-state index in [2.05, 4.69) is 4.98 Å². The average Bonchev–Trinajstić information content (AvgIpc) is 2.19. The van der Waals surface area contributed by atoms with Gasteiger partial charge in [-0.3, -0.25) is 9.78 Å². The highest BCUT2D eigenvalue weighted by Crippen LogP contribution is 2.30. The maximum Gasteiger partial charge on any atom is 0.307 e. The number of carboxylic acids is 1. The van der Waals surface area contributed by atoms with Crippen molar-refractivity contribution < 1.29 is 18.7 Å². The van der Waals surface area contributed by atoms with E-state index in [0.29, 0.717) is 0 Å². The Morgan fingerprint density at radius 3 is 2.62 bits per heavy atom. The van der Waals surface area contributed by atoms with E-state index in [1.807, 2.05) is 0 Å². The Kier molecular flexibility index (Phi) is 3.73. The number of aromatic nitrogens is 1. The zero-order valence-electron chi connectivity index (χ0n) is 8.28. The Hall–Kier alpha value is -1.76. The topological polar surface area (TPSA) is 102 Å². The second-order valence-corrected chi connectivity index (χ2v) is 3.13. The highest BCUT2D eigenvalue weighted by molar-refractivity contribution is 5.73. The van der Waals surface area contributed by atoms with Crippen LogP contribution < -0.4 is 11.5 Å². The van der Waals surface area contributed by atoms with Crippen LogP contribution in [0.4, 0.5) is 14.5 Å². The van der Waals surface area contributed by atoms with E-state index in [0.717, 1.165) is 6.20 Å². The molecular formula is C9H11F2N3O2. The SMILES string of the molecule is NCc1ncc(CC(=O)O)c(N)c1C(F)F. The highest BCUT2D eigenvalue weighted by Gasteiger charge is 2.20. The van der Waals surface area contributed by atoms with Gasteiger partial charge in [0.25, 0.3) is 6.43 Å². The molecule has 0 atom stereocenters. The van der Waals surface area contributed by atoms with Crippen LogP contribution in [0.25, 0.3) is 0 Å². The van der Waals surface area contributed by atoms with Crippen LogP contribution in [0.1, 0.15) is 23.2 Å². The monoisotopic (exact) mass is 231 g/mol. The van der Waals surface area contributed by atoms with Crippen LogP contribution >= 0.6 is 0 Å². The lowest BCUT2D eigenvalue weighted by Crippen LogP contribution is -2.12. The van der Waals surface area contributed by atoms with E-state index in [4.69, 9.17) is 16.6 Å². The van der Waals surface area contributed by atoms with E-state index in [1.165, 1.54) is 0 Å². The van der Waals surface area contributed by atoms with Gasteiger partial charge >= 0.3 is 5.97 Å². The Morgan fingerprint density at radius 1 is 1.56 bits per heavy atom. The molecule has 1 rings (SSSR count). The van der Waals surface area contributed by atoms with Crippen LogP contribution in [0.3, 0.4) is 0 Å². The fourth-order valence-corrected chi connectivity index (χ4v) is 1.33. The molecule has 5 nitrogen and oxygen atoms in total. The Balaban J connectivity index is 3.26. The lowest BCUT2D eigenvalue weighted by molar-refractivity contribution is -0.136. The summed E-state index contributed by atoms with van der Waals surface area (Å²) >= 11 is 0. The van der Waals surface area contributed by atoms with Gasteiger partial charge in [0, 0.05) is 24.0 Å². The zero-order chi connectivity index (χ0) is 12.3. The molecule has 0 fully saturated rings. The van der Waals surface area contributed by atoms with Crippen molar-refractivity contribution in [1.29, 1.82) is 0 Å². The molecule has 0 aliphatic heterocycles. The van der Waals surface area contributed by atoms with Gasteiger partial charge in [-0.1, -0.05) is 0 Å². The minimum absolute atomic E-state index is 0.0124. The normalized spacial score (nSPS) is 10.8. The molecule has 1 aromatic heterocycles. The number of hydrogen-bond acceptors (Lipinski definition) is 4. The van der Waals surface area contributed by atoms with Crippen LogP contribution in [0.2, 0.25) is 0 Å². The quantitative estimate of drug-likeness (QED) is 0.707. The van der Waals surface area contributed by atoms with E-state index >= 15 is 0 Å². The number of nitrogens with two attached hydrogens (primary N) is 2. The molecule has 0 aromatic carbocycles. The largest absolute Gasteiger partial charge is 0.481 e. The highest BCUT2D eigenvalue weighted by atomic mass is 19.3. The standard InChI is InChI=1S/C9H11F2N3O2/c10-9(11)7-5(2-12)14-3-4(8(7)13)1-6(15)16/h3,9H,1-2,12H2,(H2,13,14)(H,15,16). The van der Waals surface area contributed by atoms with Crippen molar-refractivity contribution >= 4 is 11.7 Å². The van der Waals surface area contributed by atoms with E-state index in [1.54, 1.807) is 0 Å². The molecule has 1 heterocycles. The number of hydrogen-bond donors (Lipinski definition) is 3. The first kappa shape index (κ1) is 12.3. The molecule has 1 aromatic rings. The first-order chi connectivity index (χ1) is 7.47. The third kappa shape index (κ3) is 2.43. The molecule has 0 saturated heterocycles. The zero-order valence-corrected chi connectivity index (χ0v) is 8.28. The van der Waals surface area contributed by atoms with Crippen molar-refractivity contribution in [2.75, 3.05) is 5.73 Å². The summed E-state index contributed by atoms with van der Waals surface area (Å²) in [5.41, 5.74) is 10.1. The van der Waals surface area contributed by atoms with Gasteiger partial charge in [-0.05, 0) is 0 Å². The number of rotatable bonds is 4. The number of carbonyl (C=O) groups is 1. The molecule has 0 aliphatic rings. The number of nitrogens with zero attached hydrogens (tertiary/aromatic N) is 1. The lowest BCUT2D eigenvalue weighted by atomic mass is 10.1. The van der Waals surface area contributed by atoms with Gasteiger partial charge in [0.15, 0.2) is 0 Å². The summed E-state index contributed by atoms with van der Waals surface area (Å²) in [6, 6.07) is 0. The lowest BCUT2D eigenvalue weighted by Gasteiger charge is -2.12. The van der Waals surface area contributed by atoms with E-state index in [9.17, 15) is 13.6 Å². The van der Waals surface area contributed by atoms with E-state index in [-0.39, 0.29) is 23.5 Å². The number of nitrogen functional groups attached to an aromatic ring is 1. The first-order valence-corrected chi connectivity index (χ1v) is 4.43. The summed E-state index contributed by atoms with van der Waals surface area (Å²) < 4.78 is 25.3. The molecule has 0 amide bonds. The third-order valence-electron chi connectivity index (χ3n) is 2.08. The summed E-state index contributed by atoms with van der Waals surface area (Å²) in [6.45, 7) is -0.169. The minimum atomic E-state index is -2.82. The van der Waals surface area contributed by atoms with Crippen molar-refractivity contribution in [3.63, 3.8) is 0 Å². The Labute approximate surface area is 90.1 Å². The predicted molar refractivity (Wildman–Crippen MR) is 52.8 cm³/mol. The average molecular weight is 231 g/mol. The molecule has 0 saturated carbocycles. The van der Waals surface area contributed by atoms with Gasteiger partial charge in [0.2, 0.25) is 0 Å². The van der Waals surface area contributed by atoms with Crippen LogP contribution in [-0.4, -0.2) is 16.1 Å². The molecule has 0 unspecified atom stereocenters. The second-order valence-electron chi connectivity index (χ2n) is 3.13. The smallest absolute Gasteiger partial charge is 0.307 e. The molecular weight excluding hydrogens is 220 g/mol. The second kappa shape index (κ2) is 4.84. The number of anilines is 1. The summed E-state index contributed by atoms with van der Waals surface area (Å²) in [6.07, 6.45) is -2.10. The van der Waals surface area contributed by atoms with Gasteiger partial charge in [0.05, 0.1) is 17.7 Å². The number of halogens is 2. The van der Waals surface area contributed by atoms with Crippen molar-refractivity contribution in [3.8, 4) is 0 Å². The van der Waals surface area contributed by atoms with Crippen LogP contribution in [0.15, 0.2) is 6.20 Å². The van der Waals surface area contributed by atoms with Crippen molar-refractivity contribution in [2.45, 2.75) is 19.4 Å². The number of carboxylic acid groups (broad SMARTS) is 1. The molecule has 0 radical (unpaired) electrons. The van der Waals surface area contributed by atoms with Crippen molar-refractivity contribution in [2.24, 2.45) is 5.73 Å². The Morgan fingerprint density at radius 2 is 2.19 bits per heavy atom. The van der Waals surface area contributed by atoms with E-state index < -0.39 is 24.4 Å². The van der Waals surface area contributed by atoms with Crippen LogP contribution in [0, 0.1) is 0 Å². The molecule has 0 spiro atoms. The first-order valence-electron chi connectivity index (χ1n) is 4.43. The van der Waals surface area contributed by atoms with Gasteiger partial charge in [-0.25, -0.2) is 8.78 Å². The maximum atomic E-state index is 12.7. The van der Waals surface area contributed by atoms with Crippen molar-refractivity contribution in [3.05, 3.63) is 23.0 Å². The minimum Gasteiger partial charge on any atom is -0.481 e. The molecule has 5 N–H and O–H groups in total. The Bertz CT molecular complexity index is 410. The van der Waals surface area contributed by atoms with Crippen molar-refractivity contribution in [1.82, 2.24) is 4.98 Å². The van der Waals surface area contributed by atoms with Gasteiger partial charge in [-0.2, -0.15) is 0 Å². The molecule has 16 heavy (non-hydrogen) atoms. The summed E-state index contributed by atoms with van der Waals surface area (Å²) in [4.78, 5) is 14.1. The molecule has 0 aliphatic carbocycles. The predicted octanol–water partition coefficient (Wildman–Crippen LogP) is 0.687. The maximum absolute atomic E-state index is 12.7. The van der Waals surface area contributed by atoms with Gasteiger partial charge in [0.1, 0.15) is 0 Å². The summed E-state index contributed by atoms with van der Waals surface area (Å²) in [5.74, 6) is -1.16.